The van der Waals surface area contributed by atoms with E-state index in [1.165, 1.54) is 0 Å². The average Bonchev–Trinajstić information content (AvgIpc) is 2.46. The molecule has 3 N–H and O–H groups in total. The first-order chi connectivity index (χ1) is 9.94. The molecule has 1 rings (SSSR count). The maximum atomic E-state index is 11.1. The topological polar surface area (TPSA) is 69.6 Å². The van der Waals surface area contributed by atoms with Crippen molar-refractivity contribution in [1.29, 1.82) is 0 Å². The fraction of sp³-hybridized carbons (Fsp3) is 0.471. The standard InChI is InChI=1S/C17H23NO3/c1-3-4-10-15(16(19)20)18-13-17(2,21)12-11-14-8-6-5-7-9-14/h5-9,15,18,21H,3-4,10,13H2,1-2H3,(H,19,20)/t15-,17+/m1/s1. The van der Waals surface area contributed by atoms with Crippen LogP contribution < -0.4 is 5.32 Å². The highest BCUT2D eigenvalue weighted by molar-refractivity contribution is 5.73. The molecule has 0 amide bonds. The third kappa shape index (κ3) is 6.94. The van der Waals surface area contributed by atoms with Crippen LogP contribution in [0.2, 0.25) is 0 Å². The summed E-state index contributed by atoms with van der Waals surface area (Å²) in [6.45, 7) is 3.71. The Hall–Kier alpha value is -1.83. The van der Waals surface area contributed by atoms with Gasteiger partial charge in [0.2, 0.25) is 0 Å². The van der Waals surface area contributed by atoms with Crippen molar-refractivity contribution in [2.24, 2.45) is 0 Å². The van der Waals surface area contributed by atoms with Gasteiger partial charge in [-0.15, -0.1) is 0 Å². The van der Waals surface area contributed by atoms with E-state index in [4.69, 9.17) is 5.11 Å². The fourth-order valence-electron chi connectivity index (χ4n) is 1.82. The number of carbonyl (C=O) groups is 1. The van der Waals surface area contributed by atoms with Gasteiger partial charge in [0.15, 0.2) is 0 Å². The highest BCUT2D eigenvalue weighted by atomic mass is 16.4. The predicted octanol–water partition coefficient (Wildman–Crippen LogP) is 2.02. The highest BCUT2D eigenvalue weighted by Crippen LogP contribution is 2.05. The molecule has 114 valence electrons. The van der Waals surface area contributed by atoms with Gasteiger partial charge in [0, 0.05) is 12.1 Å². The number of carboxylic acids is 1. The number of benzene rings is 1. The lowest BCUT2D eigenvalue weighted by Gasteiger charge is -2.21. The Labute approximate surface area is 126 Å². The lowest BCUT2D eigenvalue weighted by atomic mass is 10.0. The molecule has 4 nitrogen and oxygen atoms in total. The molecule has 4 heteroatoms. The van der Waals surface area contributed by atoms with Crippen molar-refractivity contribution >= 4 is 5.97 Å². The Morgan fingerprint density at radius 3 is 2.62 bits per heavy atom. The minimum Gasteiger partial charge on any atom is -0.480 e. The van der Waals surface area contributed by atoms with Crippen LogP contribution in [0.25, 0.3) is 0 Å². The second kappa shape index (κ2) is 8.46. The first kappa shape index (κ1) is 17.2. The Morgan fingerprint density at radius 1 is 1.38 bits per heavy atom. The summed E-state index contributed by atoms with van der Waals surface area (Å²) >= 11 is 0. The SMILES string of the molecule is CCCC[C@@H](NC[C@@](C)(O)C#Cc1ccccc1)C(=O)O. The molecule has 0 aliphatic heterocycles. The van der Waals surface area contributed by atoms with Crippen LogP contribution in [0.3, 0.4) is 0 Å². The van der Waals surface area contributed by atoms with Crippen molar-refractivity contribution in [3.05, 3.63) is 35.9 Å². The summed E-state index contributed by atoms with van der Waals surface area (Å²) < 4.78 is 0. The van der Waals surface area contributed by atoms with Crippen LogP contribution >= 0.6 is 0 Å². The van der Waals surface area contributed by atoms with Crippen LogP contribution in [0.1, 0.15) is 38.7 Å². The third-order valence-corrected chi connectivity index (χ3v) is 3.09. The van der Waals surface area contributed by atoms with Gasteiger partial charge in [-0.2, -0.15) is 0 Å². The quantitative estimate of drug-likeness (QED) is 0.672. The number of aliphatic hydroxyl groups is 1. The second-order valence-electron chi connectivity index (χ2n) is 5.30. The number of carboxylic acid groups (broad SMARTS) is 1. The minimum absolute atomic E-state index is 0.119. The molecule has 1 aromatic rings. The Balaban J connectivity index is 2.59. The van der Waals surface area contributed by atoms with E-state index in [1.54, 1.807) is 6.92 Å². The average molecular weight is 289 g/mol. The van der Waals surface area contributed by atoms with Gasteiger partial charge in [-0.05, 0) is 25.5 Å². The molecule has 0 radical (unpaired) electrons. The maximum absolute atomic E-state index is 11.1. The smallest absolute Gasteiger partial charge is 0.320 e. The van der Waals surface area contributed by atoms with Crippen molar-refractivity contribution < 1.29 is 15.0 Å². The van der Waals surface area contributed by atoms with E-state index in [0.29, 0.717) is 6.42 Å². The number of rotatable bonds is 7. The number of aliphatic carboxylic acids is 1. The molecule has 0 saturated heterocycles. The van der Waals surface area contributed by atoms with E-state index in [0.717, 1.165) is 18.4 Å². The third-order valence-electron chi connectivity index (χ3n) is 3.09. The molecule has 0 unspecified atom stereocenters. The van der Waals surface area contributed by atoms with Crippen molar-refractivity contribution in [2.45, 2.75) is 44.8 Å². The number of unbranched alkanes of at least 4 members (excludes halogenated alkanes) is 1. The van der Waals surface area contributed by atoms with Crippen molar-refractivity contribution in [3.63, 3.8) is 0 Å². The van der Waals surface area contributed by atoms with E-state index in [2.05, 4.69) is 17.2 Å². The molecule has 0 heterocycles. The predicted molar refractivity (Wildman–Crippen MR) is 82.9 cm³/mol. The van der Waals surface area contributed by atoms with Crippen LogP contribution in [0.4, 0.5) is 0 Å². The van der Waals surface area contributed by atoms with Gasteiger partial charge in [-0.25, -0.2) is 0 Å². The molecule has 0 spiro atoms. The summed E-state index contributed by atoms with van der Waals surface area (Å²) in [6, 6.07) is 8.73. The van der Waals surface area contributed by atoms with Gasteiger partial charge in [0.25, 0.3) is 0 Å². The van der Waals surface area contributed by atoms with Crippen LogP contribution in [0.15, 0.2) is 30.3 Å². The zero-order chi connectivity index (χ0) is 15.7. The van der Waals surface area contributed by atoms with E-state index >= 15 is 0 Å². The molecule has 21 heavy (non-hydrogen) atoms. The summed E-state index contributed by atoms with van der Waals surface area (Å²) in [5.74, 6) is 4.78. The molecular formula is C17H23NO3. The monoisotopic (exact) mass is 289 g/mol. The van der Waals surface area contributed by atoms with E-state index in [9.17, 15) is 9.90 Å². The first-order valence-electron chi connectivity index (χ1n) is 7.21. The second-order valence-corrected chi connectivity index (χ2v) is 5.30. The first-order valence-corrected chi connectivity index (χ1v) is 7.21. The lowest BCUT2D eigenvalue weighted by molar-refractivity contribution is -0.139. The molecule has 0 aliphatic carbocycles. The maximum Gasteiger partial charge on any atom is 0.320 e. The minimum atomic E-state index is -1.27. The van der Waals surface area contributed by atoms with Crippen molar-refractivity contribution in [3.8, 4) is 11.8 Å². The highest BCUT2D eigenvalue weighted by Gasteiger charge is 2.22. The summed E-state index contributed by atoms with van der Waals surface area (Å²) in [7, 11) is 0. The van der Waals surface area contributed by atoms with E-state index in [-0.39, 0.29) is 6.54 Å². The summed E-state index contributed by atoms with van der Waals surface area (Å²) in [5, 5.41) is 22.2. The number of nitrogens with one attached hydrogen (secondary N) is 1. The normalized spacial score (nSPS) is 14.6. The molecule has 0 saturated carbocycles. The van der Waals surface area contributed by atoms with Gasteiger partial charge in [-0.3, -0.25) is 4.79 Å². The molecule has 0 fully saturated rings. The Bertz CT molecular complexity index is 500. The summed E-state index contributed by atoms with van der Waals surface area (Å²) in [6.07, 6.45) is 2.32. The molecule has 1 aromatic carbocycles. The van der Waals surface area contributed by atoms with Crippen molar-refractivity contribution in [1.82, 2.24) is 5.32 Å². The number of hydrogen-bond donors (Lipinski definition) is 3. The largest absolute Gasteiger partial charge is 0.480 e. The van der Waals surface area contributed by atoms with Crippen LogP contribution in [-0.4, -0.2) is 34.4 Å². The van der Waals surface area contributed by atoms with Crippen LogP contribution in [0, 0.1) is 11.8 Å². The summed E-state index contributed by atoms with van der Waals surface area (Å²) in [5.41, 5.74) is -0.450. The molecule has 0 aliphatic rings. The van der Waals surface area contributed by atoms with E-state index < -0.39 is 17.6 Å². The fourth-order valence-corrected chi connectivity index (χ4v) is 1.82. The Morgan fingerprint density at radius 2 is 2.05 bits per heavy atom. The van der Waals surface area contributed by atoms with Gasteiger partial charge >= 0.3 is 5.97 Å². The molecule has 0 aromatic heterocycles. The summed E-state index contributed by atoms with van der Waals surface area (Å²) in [4.78, 5) is 11.1. The molecular weight excluding hydrogens is 266 g/mol. The van der Waals surface area contributed by atoms with Gasteiger partial charge < -0.3 is 15.5 Å². The zero-order valence-electron chi connectivity index (χ0n) is 12.6. The Kier molecular flexibility index (Phi) is 6.93. The lowest BCUT2D eigenvalue weighted by Crippen LogP contribution is -2.45. The van der Waals surface area contributed by atoms with Crippen LogP contribution in [0.5, 0.6) is 0 Å². The van der Waals surface area contributed by atoms with Gasteiger partial charge in [0.05, 0.1) is 0 Å². The molecule has 2 atom stereocenters. The zero-order valence-corrected chi connectivity index (χ0v) is 12.6. The van der Waals surface area contributed by atoms with Crippen LogP contribution in [-0.2, 0) is 4.79 Å². The number of hydrogen-bond acceptors (Lipinski definition) is 3. The van der Waals surface area contributed by atoms with Gasteiger partial charge in [-0.1, -0.05) is 49.8 Å². The molecule has 0 bridgehead atoms. The van der Waals surface area contributed by atoms with Crippen molar-refractivity contribution in [2.75, 3.05) is 6.54 Å². The van der Waals surface area contributed by atoms with E-state index in [1.807, 2.05) is 37.3 Å². The van der Waals surface area contributed by atoms with Gasteiger partial charge in [0.1, 0.15) is 11.6 Å².